The average Bonchev–Trinajstić information content (AvgIpc) is 2.27. The molecule has 0 aliphatic carbocycles. The molecule has 1 aromatic rings. The number of rotatable bonds is 7. The van der Waals surface area contributed by atoms with Gasteiger partial charge in [-0.25, -0.2) is 4.39 Å². The highest BCUT2D eigenvalue weighted by Crippen LogP contribution is 2.15. The van der Waals surface area contributed by atoms with E-state index >= 15 is 0 Å². The maximum Gasteiger partial charge on any atom is 0.142 e. The highest BCUT2D eigenvalue weighted by atomic mass is 35.5. The fourth-order valence-corrected chi connectivity index (χ4v) is 1.60. The summed E-state index contributed by atoms with van der Waals surface area (Å²) in [4.78, 5) is 0. The molecule has 17 heavy (non-hydrogen) atoms. The Kier molecular flexibility index (Phi) is 6.48. The van der Waals surface area contributed by atoms with Gasteiger partial charge in [-0.15, -0.1) is 0 Å². The predicted molar refractivity (Wildman–Crippen MR) is 70.9 cm³/mol. The van der Waals surface area contributed by atoms with Crippen molar-refractivity contribution in [2.75, 3.05) is 13.1 Å². The van der Waals surface area contributed by atoms with E-state index in [1.54, 1.807) is 6.07 Å². The molecule has 4 heteroatoms. The van der Waals surface area contributed by atoms with Crippen molar-refractivity contribution in [2.45, 2.75) is 32.9 Å². The monoisotopic (exact) mass is 258 g/mol. The topological polar surface area (TPSA) is 24.1 Å². The van der Waals surface area contributed by atoms with Gasteiger partial charge in [-0.05, 0) is 37.2 Å². The Labute approximate surface area is 108 Å². The fourth-order valence-electron chi connectivity index (χ4n) is 1.49. The number of hydrogen-bond donors (Lipinski definition) is 2. The van der Waals surface area contributed by atoms with Crippen molar-refractivity contribution in [3.05, 3.63) is 34.6 Å². The smallest absolute Gasteiger partial charge is 0.142 e. The SMILES string of the molecule is CC(C)NCCCNCc1ccc(Cl)c(F)c1. The summed E-state index contributed by atoms with van der Waals surface area (Å²) in [7, 11) is 0. The van der Waals surface area contributed by atoms with E-state index in [1.165, 1.54) is 6.07 Å². The average molecular weight is 259 g/mol. The molecule has 0 aliphatic rings. The first-order chi connectivity index (χ1) is 8.09. The highest BCUT2D eigenvalue weighted by Gasteiger charge is 2.00. The zero-order chi connectivity index (χ0) is 12.7. The molecule has 0 aliphatic heterocycles. The van der Waals surface area contributed by atoms with E-state index in [9.17, 15) is 4.39 Å². The quantitative estimate of drug-likeness (QED) is 0.735. The van der Waals surface area contributed by atoms with Crippen LogP contribution in [0.5, 0.6) is 0 Å². The molecule has 2 nitrogen and oxygen atoms in total. The summed E-state index contributed by atoms with van der Waals surface area (Å²) in [6.45, 7) is 6.85. The van der Waals surface area contributed by atoms with Crippen LogP contribution in [0.25, 0.3) is 0 Å². The lowest BCUT2D eigenvalue weighted by Crippen LogP contribution is -2.26. The number of hydrogen-bond acceptors (Lipinski definition) is 2. The molecule has 2 N–H and O–H groups in total. The molecule has 0 unspecified atom stereocenters. The van der Waals surface area contributed by atoms with Crippen LogP contribution in [0.2, 0.25) is 5.02 Å². The van der Waals surface area contributed by atoms with Crippen molar-refractivity contribution < 1.29 is 4.39 Å². The second-order valence-electron chi connectivity index (χ2n) is 4.39. The minimum Gasteiger partial charge on any atom is -0.314 e. The normalized spacial score (nSPS) is 11.1. The Hall–Kier alpha value is -0.640. The van der Waals surface area contributed by atoms with E-state index in [1.807, 2.05) is 6.07 Å². The summed E-state index contributed by atoms with van der Waals surface area (Å²) < 4.78 is 13.1. The third kappa shape index (κ3) is 6.01. The lowest BCUT2D eigenvalue weighted by atomic mass is 10.2. The van der Waals surface area contributed by atoms with Gasteiger partial charge in [-0.3, -0.25) is 0 Å². The molecule has 0 aromatic heterocycles. The molecule has 96 valence electrons. The molecule has 0 heterocycles. The van der Waals surface area contributed by atoms with Crippen LogP contribution in [-0.4, -0.2) is 19.1 Å². The van der Waals surface area contributed by atoms with E-state index in [0.717, 1.165) is 25.1 Å². The number of halogens is 2. The molecule has 1 rings (SSSR count). The van der Waals surface area contributed by atoms with E-state index in [2.05, 4.69) is 24.5 Å². The molecular weight excluding hydrogens is 239 g/mol. The molecule has 0 fully saturated rings. The minimum atomic E-state index is -0.354. The molecule has 0 spiro atoms. The van der Waals surface area contributed by atoms with Gasteiger partial charge in [0, 0.05) is 12.6 Å². The van der Waals surface area contributed by atoms with E-state index < -0.39 is 0 Å². The van der Waals surface area contributed by atoms with Crippen molar-refractivity contribution in [2.24, 2.45) is 0 Å². The molecule has 0 bridgehead atoms. The molecule has 1 aromatic carbocycles. The summed E-state index contributed by atoms with van der Waals surface area (Å²) in [5.74, 6) is -0.354. The minimum absolute atomic E-state index is 0.176. The maximum atomic E-state index is 13.1. The Bertz CT molecular complexity index is 342. The third-order valence-electron chi connectivity index (χ3n) is 2.40. The number of benzene rings is 1. The van der Waals surface area contributed by atoms with Gasteiger partial charge in [0.25, 0.3) is 0 Å². The maximum absolute atomic E-state index is 13.1. The molecular formula is C13H20ClFN2. The van der Waals surface area contributed by atoms with Crippen LogP contribution in [0.4, 0.5) is 4.39 Å². The summed E-state index contributed by atoms with van der Waals surface area (Å²) in [6, 6.07) is 5.43. The van der Waals surface area contributed by atoms with Gasteiger partial charge in [0.2, 0.25) is 0 Å². The van der Waals surface area contributed by atoms with Crippen molar-refractivity contribution in [3.8, 4) is 0 Å². The van der Waals surface area contributed by atoms with Crippen molar-refractivity contribution in [3.63, 3.8) is 0 Å². The van der Waals surface area contributed by atoms with E-state index in [-0.39, 0.29) is 10.8 Å². The van der Waals surface area contributed by atoms with Crippen molar-refractivity contribution in [1.82, 2.24) is 10.6 Å². The summed E-state index contributed by atoms with van der Waals surface area (Å²) in [5.41, 5.74) is 0.920. The largest absolute Gasteiger partial charge is 0.314 e. The van der Waals surface area contributed by atoms with Gasteiger partial charge < -0.3 is 10.6 Å². The van der Waals surface area contributed by atoms with Crippen LogP contribution < -0.4 is 10.6 Å². The Morgan fingerprint density at radius 3 is 2.71 bits per heavy atom. The summed E-state index contributed by atoms with van der Waals surface area (Å²) in [5, 5.41) is 6.79. The van der Waals surface area contributed by atoms with Gasteiger partial charge >= 0.3 is 0 Å². The lowest BCUT2D eigenvalue weighted by Gasteiger charge is -2.08. The van der Waals surface area contributed by atoms with Gasteiger partial charge in [0.1, 0.15) is 5.82 Å². The van der Waals surface area contributed by atoms with E-state index in [4.69, 9.17) is 11.6 Å². The fraction of sp³-hybridized carbons (Fsp3) is 0.538. The summed E-state index contributed by atoms with van der Waals surface area (Å²) >= 11 is 5.61. The van der Waals surface area contributed by atoms with Crippen LogP contribution in [0.15, 0.2) is 18.2 Å². The molecule has 0 amide bonds. The first-order valence-electron chi connectivity index (χ1n) is 5.97. The molecule has 0 atom stereocenters. The second kappa shape index (κ2) is 7.64. The lowest BCUT2D eigenvalue weighted by molar-refractivity contribution is 0.546. The molecule has 0 saturated carbocycles. The highest BCUT2D eigenvalue weighted by molar-refractivity contribution is 6.30. The van der Waals surface area contributed by atoms with E-state index in [0.29, 0.717) is 12.6 Å². The van der Waals surface area contributed by atoms with Gasteiger partial charge in [0.05, 0.1) is 5.02 Å². The van der Waals surface area contributed by atoms with Crippen LogP contribution >= 0.6 is 11.6 Å². The summed E-state index contributed by atoms with van der Waals surface area (Å²) in [6.07, 6.45) is 1.06. The predicted octanol–water partition coefficient (Wildman–Crippen LogP) is 2.96. The van der Waals surface area contributed by atoms with Gasteiger partial charge in [-0.2, -0.15) is 0 Å². The second-order valence-corrected chi connectivity index (χ2v) is 4.79. The number of nitrogens with one attached hydrogen (secondary N) is 2. The first-order valence-corrected chi connectivity index (χ1v) is 6.35. The van der Waals surface area contributed by atoms with Crippen LogP contribution in [0, 0.1) is 5.82 Å². The Morgan fingerprint density at radius 1 is 1.29 bits per heavy atom. The zero-order valence-electron chi connectivity index (χ0n) is 10.4. The van der Waals surface area contributed by atoms with Crippen LogP contribution in [-0.2, 0) is 6.54 Å². The first kappa shape index (κ1) is 14.4. The molecule has 0 saturated heterocycles. The Morgan fingerprint density at radius 2 is 2.06 bits per heavy atom. The van der Waals surface area contributed by atoms with Crippen LogP contribution in [0.3, 0.4) is 0 Å². The van der Waals surface area contributed by atoms with Crippen molar-refractivity contribution in [1.29, 1.82) is 0 Å². The van der Waals surface area contributed by atoms with Crippen molar-refractivity contribution >= 4 is 11.6 Å². The molecule has 0 radical (unpaired) electrons. The standard InChI is InChI=1S/C13H20ClFN2/c1-10(2)17-7-3-6-16-9-11-4-5-12(14)13(15)8-11/h4-5,8,10,16-17H,3,6-7,9H2,1-2H3. The van der Waals surface area contributed by atoms with Gasteiger partial charge in [-0.1, -0.05) is 31.5 Å². The zero-order valence-corrected chi connectivity index (χ0v) is 11.1. The third-order valence-corrected chi connectivity index (χ3v) is 2.70. The Balaban J connectivity index is 2.16. The van der Waals surface area contributed by atoms with Gasteiger partial charge in [0.15, 0.2) is 0 Å². The van der Waals surface area contributed by atoms with Crippen LogP contribution in [0.1, 0.15) is 25.8 Å².